The van der Waals surface area contributed by atoms with Gasteiger partial charge >= 0.3 is 0 Å². The molecule has 0 saturated carbocycles. The molecule has 0 radical (unpaired) electrons. The van der Waals surface area contributed by atoms with E-state index < -0.39 is 0 Å². The van der Waals surface area contributed by atoms with Crippen molar-refractivity contribution in [3.63, 3.8) is 0 Å². The largest absolute Gasteiger partial charge is 0.372 e. The van der Waals surface area contributed by atoms with Crippen LogP contribution in [-0.4, -0.2) is 36.4 Å². The lowest BCUT2D eigenvalue weighted by atomic mass is 10.2. The van der Waals surface area contributed by atoms with Crippen molar-refractivity contribution in [2.75, 3.05) is 26.0 Å². The molecule has 1 amide bonds. The fourth-order valence-corrected chi connectivity index (χ4v) is 2.52. The second-order valence-corrected chi connectivity index (χ2v) is 5.24. The Labute approximate surface area is 117 Å². The molecular formula is C14H17N3OS. The van der Waals surface area contributed by atoms with Crippen LogP contribution in [0.2, 0.25) is 0 Å². The van der Waals surface area contributed by atoms with Gasteiger partial charge in [0.25, 0.3) is 5.91 Å². The van der Waals surface area contributed by atoms with Gasteiger partial charge in [-0.15, -0.1) is 11.3 Å². The van der Waals surface area contributed by atoms with Gasteiger partial charge in [0, 0.05) is 31.7 Å². The number of nitrogens with one attached hydrogen (secondary N) is 1. The average molecular weight is 275 g/mol. The first-order valence-electron chi connectivity index (χ1n) is 6.13. The molecule has 2 rings (SSSR count). The van der Waals surface area contributed by atoms with Gasteiger partial charge in [0.15, 0.2) is 0 Å². The summed E-state index contributed by atoms with van der Waals surface area (Å²) in [7, 11) is 3.59. The van der Waals surface area contributed by atoms with Crippen molar-refractivity contribution in [3.05, 3.63) is 46.3 Å². The first-order chi connectivity index (χ1) is 9.22. The maximum atomic E-state index is 12.3. The Morgan fingerprint density at radius 3 is 2.95 bits per heavy atom. The molecule has 2 aromatic heterocycles. The number of thiophene rings is 1. The first-order valence-corrected chi connectivity index (χ1v) is 7.01. The van der Waals surface area contributed by atoms with Crippen molar-refractivity contribution in [2.24, 2.45) is 0 Å². The van der Waals surface area contributed by atoms with Crippen LogP contribution in [0.25, 0.3) is 0 Å². The van der Waals surface area contributed by atoms with Gasteiger partial charge in [0.2, 0.25) is 0 Å². The molecule has 0 aliphatic heterocycles. The second kappa shape index (κ2) is 6.33. The summed E-state index contributed by atoms with van der Waals surface area (Å²) in [6.45, 7) is 0.706. The maximum absolute atomic E-state index is 12.3. The monoisotopic (exact) mass is 275 g/mol. The summed E-state index contributed by atoms with van der Waals surface area (Å²) in [5.74, 6) is 0.615. The van der Waals surface area contributed by atoms with E-state index in [1.165, 1.54) is 4.88 Å². The molecule has 0 unspecified atom stereocenters. The van der Waals surface area contributed by atoms with E-state index in [1.54, 1.807) is 41.6 Å². The topological polar surface area (TPSA) is 45.2 Å². The zero-order chi connectivity index (χ0) is 13.7. The van der Waals surface area contributed by atoms with Gasteiger partial charge in [-0.1, -0.05) is 6.07 Å². The number of aromatic nitrogens is 1. The number of amides is 1. The van der Waals surface area contributed by atoms with Crippen LogP contribution in [-0.2, 0) is 6.42 Å². The number of nitrogens with zero attached hydrogens (tertiary/aromatic N) is 2. The van der Waals surface area contributed by atoms with Crippen molar-refractivity contribution in [3.8, 4) is 0 Å². The molecule has 0 bridgehead atoms. The van der Waals surface area contributed by atoms with Gasteiger partial charge in [-0.3, -0.25) is 4.79 Å². The molecule has 19 heavy (non-hydrogen) atoms. The Balaban J connectivity index is 2.02. The minimum atomic E-state index is -0.00555. The molecule has 100 valence electrons. The third-order valence-corrected chi connectivity index (χ3v) is 3.83. The number of pyridine rings is 1. The van der Waals surface area contributed by atoms with Crippen LogP contribution in [0.15, 0.2) is 35.8 Å². The van der Waals surface area contributed by atoms with Gasteiger partial charge in [-0.25, -0.2) is 4.98 Å². The van der Waals surface area contributed by atoms with Crippen LogP contribution < -0.4 is 5.32 Å². The van der Waals surface area contributed by atoms with E-state index in [0.29, 0.717) is 17.9 Å². The Bertz CT molecular complexity index is 539. The van der Waals surface area contributed by atoms with Gasteiger partial charge in [0.1, 0.15) is 5.82 Å². The van der Waals surface area contributed by atoms with Crippen LogP contribution in [0.1, 0.15) is 15.2 Å². The van der Waals surface area contributed by atoms with Gasteiger partial charge < -0.3 is 10.2 Å². The lowest BCUT2D eigenvalue weighted by molar-refractivity contribution is 0.0797. The Morgan fingerprint density at radius 1 is 1.42 bits per heavy atom. The predicted octanol–water partition coefficient (Wildman–Crippen LogP) is 2.50. The van der Waals surface area contributed by atoms with E-state index in [0.717, 1.165) is 6.42 Å². The van der Waals surface area contributed by atoms with Crippen LogP contribution in [0.5, 0.6) is 0 Å². The van der Waals surface area contributed by atoms with Crippen molar-refractivity contribution in [1.82, 2.24) is 9.88 Å². The summed E-state index contributed by atoms with van der Waals surface area (Å²) in [4.78, 5) is 19.5. The average Bonchev–Trinajstić information content (AvgIpc) is 2.97. The Hall–Kier alpha value is -1.88. The smallest absolute Gasteiger partial charge is 0.257 e. The van der Waals surface area contributed by atoms with Crippen LogP contribution in [0.4, 0.5) is 5.82 Å². The molecule has 1 N–H and O–H groups in total. The van der Waals surface area contributed by atoms with Crippen LogP contribution in [0.3, 0.4) is 0 Å². The normalized spacial score (nSPS) is 10.2. The minimum absolute atomic E-state index is 0.00555. The lowest BCUT2D eigenvalue weighted by Crippen LogP contribution is -2.29. The van der Waals surface area contributed by atoms with Gasteiger partial charge in [0.05, 0.1) is 5.56 Å². The standard InChI is InChI=1S/C14H17N3OS/c1-15-13-12(6-3-8-16-13)14(18)17(2)9-7-11-5-4-10-19-11/h3-6,8,10H,7,9H2,1-2H3,(H,15,16). The van der Waals surface area contributed by atoms with Gasteiger partial charge in [-0.05, 0) is 30.0 Å². The molecular weight excluding hydrogens is 258 g/mol. The third kappa shape index (κ3) is 3.32. The number of hydrogen-bond donors (Lipinski definition) is 1. The highest BCUT2D eigenvalue weighted by molar-refractivity contribution is 7.09. The highest BCUT2D eigenvalue weighted by Crippen LogP contribution is 2.14. The number of carbonyl (C=O) groups excluding carboxylic acids is 1. The first kappa shape index (κ1) is 13.5. The van der Waals surface area contributed by atoms with Crippen molar-refractivity contribution < 1.29 is 4.79 Å². The summed E-state index contributed by atoms with van der Waals surface area (Å²) in [5.41, 5.74) is 0.610. The summed E-state index contributed by atoms with van der Waals surface area (Å²) in [6.07, 6.45) is 2.56. The molecule has 2 heterocycles. The maximum Gasteiger partial charge on any atom is 0.257 e. The molecule has 4 nitrogen and oxygen atoms in total. The number of rotatable bonds is 5. The van der Waals surface area contributed by atoms with Gasteiger partial charge in [-0.2, -0.15) is 0 Å². The molecule has 0 saturated heterocycles. The minimum Gasteiger partial charge on any atom is -0.372 e. The molecule has 0 fully saturated rings. The quantitative estimate of drug-likeness (QED) is 0.912. The zero-order valence-electron chi connectivity index (χ0n) is 11.1. The second-order valence-electron chi connectivity index (χ2n) is 4.21. The molecule has 0 spiro atoms. The third-order valence-electron chi connectivity index (χ3n) is 2.90. The van der Waals surface area contributed by atoms with E-state index in [2.05, 4.69) is 21.7 Å². The number of likely N-dealkylation sites (N-methyl/N-ethyl adjacent to an activating group) is 1. The van der Waals surface area contributed by atoms with E-state index in [4.69, 9.17) is 0 Å². The molecule has 5 heteroatoms. The molecule has 0 atom stereocenters. The summed E-state index contributed by atoms with van der Waals surface area (Å²) in [6, 6.07) is 7.69. The van der Waals surface area contributed by atoms with E-state index in [9.17, 15) is 4.79 Å². The van der Waals surface area contributed by atoms with Crippen molar-refractivity contribution >= 4 is 23.1 Å². The zero-order valence-corrected chi connectivity index (χ0v) is 11.9. The molecule has 0 aliphatic carbocycles. The summed E-state index contributed by atoms with van der Waals surface area (Å²) in [5, 5.41) is 5.00. The fourth-order valence-electron chi connectivity index (χ4n) is 1.82. The summed E-state index contributed by atoms with van der Waals surface area (Å²) >= 11 is 1.72. The SMILES string of the molecule is CNc1ncccc1C(=O)N(C)CCc1cccs1. The lowest BCUT2D eigenvalue weighted by Gasteiger charge is -2.18. The highest BCUT2D eigenvalue weighted by Gasteiger charge is 2.15. The predicted molar refractivity (Wildman–Crippen MR) is 78.8 cm³/mol. The van der Waals surface area contributed by atoms with E-state index in [1.807, 2.05) is 13.1 Å². The molecule has 0 aromatic carbocycles. The highest BCUT2D eigenvalue weighted by atomic mass is 32.1. The number of carbonyl (C=O) groups is 1. The van der Waals surface area contributed by atoms with Crippen molar-refractivity contribution in [1.29, 1.82) is 0 Å². The number of anilines is 1. The van der Waals surface area contributed by atoms with Crippen molar-refractivity contribution in [2.45, 2.75) is 6.42 Å². The Morgan fingerprint density at radius 2 is 2.26 bits per heavy atom. The number of hydrogen-bond acceptors (Lipinski definition) is 4. The van der Waals surface area contributed by atoms with E-state index in [-0.39, 0.29) is 5.91 Å². The van der Waals surface area contributed by atoms with Crippen LogP contribution >= 0.6 is 11.3 Å². The molecule has 2 aromatic rings. The van der Waals surface area contributed by atoms with Crippen LogP contribution in [0, 0.1) is 0 Å². The molecule has 0 aliphatic rings. The van der Waals surface area contributed by atoms with E-state index >= 15 is 0 Å². The Kier molecular flexibility index (Phi) is 4.52. The summed E-state index contributed by atoms with van der Waals surface area (Å²) < 4.78 is 0. The fraction of sp³-hybridized carbons (Fsp3) is 0.286.